The summed E-state index contributed by atoms with van der Waals surface area (Å²) in [7, 11) is 0. The number of nitro groups is 1. The number of carbonyl (C=O) groups is 2. The van der Waals surface area contributed by atoms with Gasteiger partial charge in [0.25, 0.3) is 5.69 Å². The highest BCUT2D eigenvalue weighted by Gasteiger charge is 2.18. The molecule has 0 atom stereocenters. The Kier molecular flexibility index (Phi) is 4.93. The van der Waals surface area contributed by atoms with Gasteiger partial charge in [0.2, 0.25) is 5.78 Å². The van der Waals surface area contributed by atoms with Crippen LogP contribution >= 0.6 is 0 Å². The molecule has 2 aromatic carbocycles. The van der Waals surface area contributed by atoms with Gasteiger partial charge in [0.05, 0.1) is 10.6 Å². The third-order valence-electron chi connectivity index (χ3n) is 2.94. The molecule has 7 nitrogen and oxygen atoms in total. The standard InChI is InChI=1S/C16H13N3O4/c1-11(20)15(16(21)12-6-3-2-4-7-12)18-17-13-8-5-9-14(10-13)19(22)23/h2-10,17H,1H3. The summed E-state index contributed by atoms with van der Waals surface area (Å²) in [6, 6.07) is 13.9. The minimum Gasteiger partial charge on any atom is -0.293 e. The molecule has 0 aromatic heterocycles. The third-order valence-corrected chi connectivity index (χ3v) is 2.94. The van der Waals surface area contributed by atoms with E-state index in [-0.39, 0.29) is 11.4 Å². The van der Waals surface area contributed by atoms with Crippen LogP contribution in [0.3, 0.4) is 0 Å². The van der Waals surface area contributed by atoms with Gasteiger partial charge in [0, 0.05) is 24.6 Å². The van der Waals surface area contributed by atoms with Crippen LogP contribution in [0.15, 0.2) is 59.7 Å². The number of Topliss-reactive ketones (excluding diaryl/α,β-unsaturated/α-hetero) is 2. The second-order valence-electron chi connectivity index (χ2n) is 4.63. The molecule has 0 aliphatic heterocycles. The van der Waals surface area contributed by atoms with Gasteiger partial charge in [-0.05, 0) is 6.07 Å². The lowest BCUT2D eigenvalue weighted by atomic mass is 10.0. The van der Waals surface area contributed by atoms with E-state index < -0.39 is 16.5 Å². The number of benzene rings is 2. The van der Waals surface area contributed by atoms with Gasteiger partial charge in [0.15, 0.2) is 11.5 Å². The number of carbonyl (C=O) groups excluding carboxylic acids is 2. The van der Waals surface area contributed by atoms with Crippen LogP contribution in [-0.4, -0.2) is 22.2 Å². The summed E-state index contributed by atoms with van der Waals surface area (Å²) in [4.78, 5) is 34.1. The molecule has 0 saturated carbocycles. The Balaban J connectivity index is 2.26. The highest BCUT2D eigenvalue weighted by molar-refractivity contribution is 6.68. The van der Waals surface area contributed by atoms with Crippen LogP contribution < -0.4 is 5.43 Å². The Bertz CT molecular complexity index is 785. The highest BCUT2D eigenvalue weighted by Crippen LogP contribution is 2.17. The molecule has 0 amide bonds. The normalized spacial score (nSPS) is 10.9. The van der Waals surface area contributed by atoms with E-state index in [4.69, 9.17) is 0 Å². The van der Waals surface area contributed by atoms with Crippen molar-refractivity contribution in [3.05, 3.63) is 70.3 Å². The van der Waals surface area contributed by atoms with E-state index in [1.165, 1.54) is 25.1 Å². The van der Waals surface area contributed by atoms with Gasteiger partial charge < -0.3 is 0 Å². The maximum Gasteiger partial charge on any atom is 0.271 e. The summed E-state index contributed by atoms with van der Waals surface area (Å²) in [6.45, 7) is 1.23. The zero-order valence-corrected chi connectivity index (χ0v) is 12.2. The molecule has 116 valence electrons. The van der Waals surface area contributed by atoms with Crippen molar-refractivity contribution in [1.29, 1.82) is 0 Å². The Hall–Kier alpha value is -3.35. The van der Waals surface area contributed by atoms with E-state index in [1.54, 1.807) is 36.4 Å². The first-order valence-corrected chi connectivity index (χ1v) is 6.68. The first-order valence-electron chi connectivity index (χ1n) is 6.68. The molecule has 7 heteroatoms. The van der Waals surface area contributed by atoms with Crippen molar-refractivity contribution in [3.63, 3.8) is 0 Å². The van der Waals surface area contributed by atoms with Gasteiger partial charge in [-0.25, -0.2) is 0 Å². The minimum absolute atomic E-state index is 0.121. The van der Waals surface area contributed by atoms with Gasteiger partial charge in [0.1, 0.15) is 0 Å². The van der Waals surface area contributed by atoms with E-state index in [0.29, 0.717) is 11.3 Å². The maximum absolute atomic E-state index is 12.3. The molecule has 0 saturated heterocycles. The average Bonchev–Trinajstić information content (AvgIpc) is 2.55. The van der Waals surface area contributed by atoms with Crippen LogP contribution in [0.2, 0.25) is 0 Å². The van der Waals surface area contributed by atoms with Gasteiger partial charge in [-0.1, -0.05) is 36.4 Å². The van der Waals surface area contributed by atoms with Crippen molar-refractivity contribution >= 4 is 28.7 Å². The molecule has 2 rings (SSSR count). The van der Waals surface area contributed by atoms with E-state index in [2.05, 4.69) is 10.5 Å². The fourth-order valence-electron chi connectivity index (χ4n) is 1.83. The molecule has 0 heterocycles. The fraction of sp³-hybridized carbons (Fsp3) is 0.0625. The first kappa shape index (κ1) is 16.0. The van der Waals surface area contributed by atoms with Crippen LogP contribution in [0.4, 0.5) is 11.4 Å². The molecule has 0 unspecified atom stereocenters. The molecule has 0 radical (unpaired) electrons. The molecule has 0 aliphatic carbocycles. The molecular formula is C16H13N3O4. The number of nitro benzene ring substituents is 1. The summed E-state index contributed by atoms with van der Waals surface area (Å²) < 4.78 is 0. The Morgan fingerprint density at radius 3 is 2.39 bits per heavy atom. The average molecular weight is 311 g/mol. The number of nitrogens with zero attached hydrogens (tertiary/aromatic N) is 2. The predicted octanol–water partition coefficient (Wildman–Crippen LogP) is 2.83. The minimum atomic E-state index is -0.546. The lowest BCUT2D eigenvalue weighted by Crippen LogP contribution is -2.23. The van der Waals surface area contributed by atoms with Crippen molar-refractivity contribution < 1.29 is 14.5 Å². The number of rotatable bonds is 6. The summed E-state index contributed by atoms with van der Waals surface area (Å²) in [6.07, 6.45) is 0. The number of nitrogens with one attached hydrogen (secondary N) is 1. The number of anilines is 1. The second-order valence-corrected chi connectivity index (χ2v) is 4.63. The van der Waals surface area contributed by atoms with Crippen LogP contribution in [0.5, 0.6) is 0 Å². The monoisotopic (exact) mass is 311 g/mol. The number of non-ortho nitro benzene ring substituents is 1. The Labute approximate surface area is 131 Å². The molecule has 0 spiro atoms. The van der Waals surface area contributed by atoms with Crippen LogP contribution in [0.25, 0.3) is 0 Å². The summed E-state index contributed by atoms with van der Waals surface area (Å²) >= 11 is 0. The molecule has 2 aromatic rings. The largest absolute Gasteiger partial charge is 0.293 e. The number of hydrazone groups is 1. The smallest absolute Gasteiger partial charge is 0.271 e. The first-order chi connectivity index (χ1) is 11.0. The van der Waals surface area contributed by atoms with Crippen molar-refractivity contribution in [3.8, 4) is 0 Å². The zero-order chi connectivity index (χ0) is 16.8. The van der Waals surface area contributed by atoms with Crippen LogP contribution in [0, 0.1) is 10.1 Å². The quantitative estimate of drug-likeness (QED) is 0.290. The van der Waals surface area contributed by atoms with Gasteiger partial charge in [-0.3, -0.25) is 25.1 Å². The third kappa shape index (κ3) is 4.07. The predicted molar refractivity (Wildman–Crippen MR) is 85.6 cm³/mol. The zero-order valence-electron chi connectivity index (χ0n) is 12.2. The van der Waals surface area contributed by atoms with E-state index in [9.17, 15) is 19.7 Å². The number of ketones is 2. The van der Waals surface area contributed by atoms with E-state index in [1.807, 2.05) is 0 Å². The van der Waals surface area contributed by atoms with Crippen molar-refractivity contribution in [1.82, 2.24) is 0 Å². The van der Waals surface area contributed by atoms with Crippen molar-refractivity contribution in [2.75, 3.05) is 5.43 Å². The maximum atomic E-state index is 12.3. The summed E-state index contributed by atoms with van der Waals surface area (Å²) in [5.41, 5.74) is 2.76. The van der Waals surface area contributed by atoms with Crippen molar-refractivity contribution in [2.24, 2.45) is 5.10 Å². The lowest BCUT2D eigenvalue weighted by molar-refractivity contribution is -0.384. The van der Waals surface area contributed by atoms with Crippen LogP contribution in [0.1, 0.15) is 17.3 Å². The fourth-order valence-corrected chi connectivity index (χ4v) is 1.83. The molecule has 1 N–H and O–H groups in total. The lowest BCUT2D eigenvalue weighted by Gasteiger charge is -2.04. The van der Waals surface area contributed by atoms with Gasteiger partial charge >= 0.3 is 0 Å². The summed E-state index contributed by atoms with van der Waals surface area (Å²) in [5.74, 6) is -1.02. The second kappa shape index (κ2) is 7.08. The van der Waals surface area contributed by atoms with Crippen molar-refractivity contribution in [2.45, 2.75) is 6.92 Å². The van der Waals surface area contributed by atoms with Crippen LogP contribution in [-0.2, 0) is 4.79 Å². The molecular weight excluding hydrogens is 298 g/mol. The van der Waals surface area contributed by atoms with Gasteiger partial charge in [-0.15, -0.1) is 0 Å². The molecule has 0 fully saturated rings. The van der Waals surface area contributed by atoms with E-state index in [0.717, 1.165) is 0 Å². The molecule has 23 heavy (non-hydrogen) atoms. The van der Waals surface area contributed by atoms with Gasteiger partial charge in [-0.2, -0.15) is 5.10 Å². The number of hydrogen-bond acceptors (Lipinski definition) is 6. The highest BCUT2D eigenvalue weighted by atomic mass is 16.6. The Morgan fingerprint density at radius 2 is 1.78 bits per heavy atom. The summed E-state index contributed by atoms with van der Waals surface area (Å²) in [5, 5.41) is 14.5. The SMILES string of the molecule is CC(=O)C(=NNc1cccc([N+](=O)[O-])c1)C(=O)c1ccccc1. The van der Waals surface area contributed by atoms with E-state index >= 15 is 0 Å². The molecule has 0 bridgehead atoms. The molecule has 0 aliphatic rings. The Morgan fingerprint density at radius 1 is 1.09 bits per heavy atom. The number of hydrogen-bond donors (Lipinski definition) is 1. The topological polar surface area (TPSA) is 102 Å².